The lowest BCUT2D eigenvalue weighted by Gasteiger charge is -2.16. The van der Waals surface area contributed by atoms with Crippen molar-refractivity contribution in [2.45, 2.75) is 11.6 Å². The van der Waals surface area contributed by atoms with Gasteiger partial charge in [-0.05, 0) is 54.4 Å². The van der Waals surface area contributed by atoms with Gasteiger partial charge < -0.3 is 0 Å². The lowest BCUT2D eigenvalue weighted by Crippen LogP contribution is -2.27. The SMILES string of the molecule is CS(=O)(=O)N1CCc2cc(C(=O)CSc3nnc(-c4ccncc4)n3-c3ccccc3)ccc21. The molecule has 8 nitrogen and oxygen atoms in total. The van der Waals surface area contributed by atoms with E-state index in [1.807, 2.05) is 47.0 Å². The first-order valence-corrected chi connectivity index (χ1v) is 13.4. The van der Waals surface area contributed by atoms with Crippen molar-refractivity contribution in [3.63, 3.8) is 0 Å². The fourth-order valence-corrected chi connectivity index (χ4v) is 5.77. The smallest absolute Gasteiger partial charge is 0.232 e. The Labute approximate surface area is 201 Å². The van der Waals surface area contributed by atoms with E-state index in [1.54, 1.807) is 30.6 Å². The molecule has 5 rings (SSSR count). The van der Waals surface area contributed by atoms with Crippen molar-refractivity contribution in [1.29, 1.82) is 0 Å². The number of carbonyl (C=O) groups is 1. The Hall–Kier alpha value is -3.50. The predicted octanol–water partition coefficient (Wildman–Crippen LogP) is 3.63. The summed E-state index contributed by atoms with van der Waals surface area (Å²) in [7, 11) is -3.32. The zero-order valence-corrected chi connectivity index (χ0v) is 20.0. The summed E-state index contributed by atoms with van der Waals surface area (Å²) in [6.07, 6.45) is 5.19. The van der Waals surface area contributed by atoms with Crippen LogP contribution in [0.25, 0.3) is 17.1 Å². The first-order chi connectivity index (χ1) is 16.4. The Morgan fingerprint density at radius 1 is 1.03 bits per heavy atom. The van der Waals surface area contributed by atoms with Gasteiger partial charge in [0.05, 0.1) is 17.7 Å². The molecule has 0 atom stereocenters. The summed E-state index contributed by atoms with van der Waals surface area (Å²) >= 11 is 1.32. The van der Waals surface area contributed by atoms with E-state index in [-0.39, 0.29) is 11.5 Å². The molecule has 0 N–H and O–H groups in total. The van der Waals surface area contributed by atoms with Crippen molar-refractivity contribution in [2.75, 3.05) is 22.9 Å². The third-order valence-corrected chi connectivity index (χ3v) is 7.68. The lowest BCUT2D eigenvalue weighted by molar-refractivity contribution is 0.102. The van der Waals surface area contributed by atoms with Crippen LogP contribution in [-0.4, -0.2) is 52.5 Å². The molecule has 3 heterocycles. The molecule has 0 amide bonds. The average Bonchev–Trinajstić information content (AvgIpc) is 3.47. The standard InChI is InChI=1S/C24H21N5O3S2/c1-34(31,32)28-14-11-18-15-19(7-8-21(18)28)22(30)16-33-24-27-26-23(17-9-12-25-13-10-17)29(24)20-5-3-2-4-6-20/h2-10,12-13,15H,11,14,16H2,1H3. The maximum absolute atomic E-state index is 13.0. The van der Waals surface area contributed by atoms with Crippen LogP contribution in [0.4, 0.5) is 5.69 Å². The van der Waals surface area contributed by atoms with Crippen LogP contribution in [0.3, 0.4) is 0 Å². The monoisotopic (exact) mass is 491 g/mol. The second-order valence-electron chi connectivity index (χ2n) is 7.85. The minimum Gasteiger partial charge on any atom is -0.293 e. The summed E-state index contributed by atoms with van der Waals surface area (Å²) in [5, 5.41) is 9.35. The number of para-hydroxylation sites is 1. The van der Waals surface area contributed by atoms with Crippen LogP contribution in [0.1, 0.15) is 15.9 Å². The lowest BCUT2D eigenvalue weighted by atomic mass is 10.1. The molecule has 0 fully saturated rings. The maximum Gasteiger partial charge on any atom is 0.232 e. The topological polar surface area (TPSA) is 98.1 Å². The normalized spacial score (nSPS) is 13.1. The molecular weight excluding hydrogens is 470 g/mol. The van der Waals surface area contributed by atoms with Gasteiger partial charge in [0.25, 0.3) is 0 Å². The number of thioether (sulfide) groups is 1. The van der Waals surface area contributed by atoms with E-state index in [4.69, 9.17) is 0 Å². The minimum absolute atomic E-state index is 0.0568. The Kier molecular flexibility index (Phi) is 5.93. The summed E-state index contributed by atoms with van der Waals surface area (Å²) in [5.74, 6) is 0.788. The minimum atomic E-state index is -3.32. The number of hydrogen-bond donors (Lipinski definition) is 0. The summed E-state index contributed by atoms with van der Waals surface area (Å²) in [4.78, 5) is 17.1. The number of ketones is 1. The first-order valence-electron chi connectivity index (χ1n) is 10.6. The zero-order chi connectivity index (χ0) is 23.7. The molecule has 0 saturated carbocycles. The van der Waals surface area contributed by atoms with Crippen molar-refractivity contribution in [1.82, 2.24) is 19.7 Å². The molecule has 0 spiro atoms. The predicted molar refractivity (Wildman–Crippen MR) is 132 cm³/mol. The number of hydrogen-bond acceptors (Lipinski definition) is 7. The summed E-state index contributed by atoms with van der Waals surface area (Å²) in [6.45, 7) is 0.401. The molecular formula is C24H21N5O3S2. The average molecular weight is 492 g/mol. The molecule has 1 aliphatic heterocycles. The van der Waals surface area contributed by atoms with Gasteiger partial charge in [-0.15, -0.1) is 10.2 Å². The van der Waals surface area contributed by atoms with E-state index in [0.717, 1.165) is 16.8 Å². The quantitative estimate of drug-likeness (QED) is 0.288. The Bertz CT molecular complexity index is 1450. The first kappa shape index (κ1) is 22.3. The Morgan fingerprint density at radius 2 is 1.79 bits per heavy atom. The van der Waals surface area contributed by atoms with E-state index in [2.05, 4.69) is 15.2 Å². The van der Waals surface area contributed by atoms with Crippen LogP contribution in [0.15, 0.2) is 78.2 Å². The molecule has 1 aliphatic rings. The van der Waals surface area contributed by atoms with Crippen LogP contribution in [-0.2, 0) is 16.4 Å². The summed E-state index contributed by atoms with van der Waals surface area (Å²) in [5.41, 5.74) is 3.85. The van der Waals surface area contributed by atoms with Crippen LogP contribution in [0.5, 0.6) is 0 Å². The second-order valence-corrected chi connectivity index (χ2v) is 10.7. The summed E-state index contributed by atoms with van der Waals surface area (Å²) < 4.78 is 27.2. The van der Waals surface area contributed by atoms with Gasteiger partial charge in [0.1, 0.15) is 0 Å². The van der Waals surface area contributed by atoms with Gasteiger partial charge in [0.2, 0.25) is 10.0 Å². The van der Waals surface area contributed by atoms with Gasteiger partial charge in [-0.25, -0.2) is 8.42 Å². The highest BCUT2D eigenvalue weighted by Gasteiger charge is 2.27. The van der Waals surface area contributed by atoms with Gasteiger partial charge in [-0.2, -0.15) is 0 Å². The number of Topliss-reactive ketones (excluding diaryl/α,β-unsaturated/α-hetero) is 1. The fraction of sp³-hybridized carbons (Fsp3) is 0.167. The number of nitrogens with zero attached hydrogens (tertiary/aromatic N) is 5. The number of sulfonamides is 1. The van der Waals surface area contributed by atoms with Gasteiger partial charge >= 0.3 is 0 Å². The number of aromatic nitrogens is 4. The number of rotatable bonds is 7. The van der Waals surface area contributed by atoms with E-state index in [1.165, 1.54) is 22.3 Å². The van der Waals surface area contributed by atoms with E-state index < -0.39 is 10.0 Å². The summed E-state index contributed by atoms with van der Waals surface area (Å²) in [6, 6.07) is 18.7. The Morgan fingerprint density at radius 3 is 2.53 bits per heavy atom. The van der Waals surface area contributed by atoms with Gasteiger partial charge in [-0.1, -0.05) is 30.0 Å². The number of carbonyl (C=O) groups excluding carboxylic acids is 1. The number of pyridine rings is 1. The van der Waals surface area contributed by atoms with E-state index >= 15 is 0 Å². The largest absolute Gasteiger partial charge is 0.293 e. The number of benzene rings is 2. The molecule has 10 heteroatoms. The van der Waals surface area contributed by atoms with Gasteiger partial charge in [-0.3, -0.25) is 18.7 Å². The van der Waals surface area contributed by atoms with Crippen molar-refractivity contribution in [3.8, 4) is 17.1 Å². The van der Waals surface area contributed by atoms with Crippen molar-refractivity contribution >= 4 is 33.3 Å². The van der Waals surface area contributed by atoms with E-state index in [0.29, 0.717) is 35.2 Å². The number of anilines is 1. The fourth-order valence-electron chi connectivity index (χ4n) is 3.96. The third kappa shape index (κ3) is 4.34. The van der Waals surface area contributed by atoms with Crippen LogP contribution in [0, 0.1) is 0 Å². The van der Waals surface area contributed by atoms with Crippen molar-refractivity contribution in [2.24, 2.45) is 0 Å². The van der Waals surface area contributed by atoms with Gasteiger partial charge in [0, 0.05) is 35.8 Å². The van der Waals surface area contributed by atoms with Crippen LogP contribution in [0.2, 0.25) is 0 Å². The Balaban J connectivity index is 1.40. The highest BCUT2D eigenvalue weighted by atomic mass is 32.2. The molecule has 4 aromatic rings. The molecule has 0 bridgehead atoms. The number of fused-ring (bicyclic) bond motifs is 1. The maximum atomic E-state index is 13.0. The van der Waals surface area contributed by atoms with Crippen LogP contribution < -0.4 is 4.31 Å². The zero-order valence-electron chi connectivity index (χ0n) is 18.3. The molecule has 0 radical (unpaired) electrons. The highest BCUT2D eigenvalue weighted by molar-refractivity contribution is 7.99. The molecule has 34 heavy (non-hydrogen) atoms. The highest BCUT2D eigenvalue weighted by Crippen LogP contribution is 2.32. The molecule has 0 aliphatic carbocycles. The molecule has 172 valence electrons. The molecule has 2 aromatic heterocycles. The van der Waals surface area contributed by atoms with Gasteiger partial charge in [0.15, 0.2) is 16.8 Å². The van der Waals surface area contributed by atoms with E-state index in [9.17, 15) is 13.2 Å². The van der Waals surface area contributed by atoms with Crippen molar-refractivity contribution in [3.05, 3.63) is 84.2 Å². The third-order valence-electron chi connectivity index (χ3n) is 5.57. The molecule has 0 unspecified atom stereocenters. The molecule has 0 saturated heterocycles. The molecule has 2 aromatic carbocycles. The van der Waals surface area contributed by atoms with Crippen molar-refractivity contribution < 1.29 is 13.2 Å². The van der Waals surface area contributed by atoms with Crippen LogP contribution >= 0.6 is 11.8 Å². The second kappa shape index (κ2) is 9.03.